The van der Waals surface area contributed by atoms with E-state index in [4.69, 9.17) is 0 Å². The molecule has 1 aromatic rings. The van der Waals surface area contributed by atoms with Gasteiger partial charge in [0.2, 0.25) is 0 Å². The highest BCUT2D eigenvalue weighted by molar-refractivity contribution is 5.93. The summed E-state index contributed by atoms with van der Waals surface area (Å²) in [5, 5.41) is 6.17. The van der Waals surface area contributed by atoms with Crippen LogP contribution in [0.1, 0.15) is 36.2 Å². The lowest BCUT2D eigenvalue weighted by atomic mass is 10.2. The van der Waals surface area contributed by atoms with Gasteiger partial charge in [-0.1, -0.05) is 18.9 Å². The number of carbonyl (C=O) groups excluding carboxylic acids is 1. The molecule has 0 radical (unpaired) electrons. The van der Waals surface area contributed by atoms with Crippen LogP contribution in [0, 0.1) is 0 Å². The Morgan fingerprint density at radius 3 is 3.00 bits per heavy atom. The van der Waals surface area contributed by atoms with Crippen molar-refractivity contribution >= 4 is 11.6 Å². The number of aromatic nitrogens is 1. The highest BCUT2D eigenvalue weighted by Crippen LogP contribution is 2.18. The summed E-state index contributed by atoms with van der Waals surface area (Å²) in [5.74, 6) is -0.0795. The first-order valence-electron chi connectivity index (χ1n) is 6.41. The molecular weight excluding hydrogens is 226 g/mol. The van der Waals surface area contributed by atoms with Crippen molar-refractivity contribution in [1.29, 1.82) is 0 Å². The highest BCUT2D eigenvalue weighted by Gasteiger charge is 2.18. The summed E-state index contributed by atoms with van der Waals surface area (Å²) in [6, 6.07) is 3.94. The Hall–Kier alpha value is -1.84. The average molecular weight is 245 g/mol. The van der Waals surface area contributed by atoms with E-state index in [-0.39, 0.29) is 5.91 Å². The summed E-state index contributed by atoms with van der Waals surface area (Å²) in [4.78, 5) is 16.1. The largest absolute Gasteiger partial charge is 0.381 e. The van der Waals surface area contributed by atoms with Crippen molar-refractivity contribution in [2.75, 3.05) is 11.9 Å². The van der Waals surface area contributed by atoms with Crippen molar-refractivity contribution in [2.24, 2.45) is 0 Å². The monoisotopic (exact) mass is 245 g/mol. The molecule has 1 aliphatic carbocycles. The molecule has 2 rings (SSSR count). The second-order valence-corrected chi connectivity index (χ2v) is 4.55. The van der Waals surface area contributed by atoms with E-state index in [1.165, 1.54) is 12.8 Å². The van der Waals surface area contributed by atoms with Gasteiger partial charge in [-0.25, -0.2) is 0 Å². The number of pyridine rings is 1. The van der Waals surface area contributed by atoms with Crippen LogP contribution >= 0.6 is 0 Å². The fourth-order valence-corrected chi connectivity index (χ4v) is 2.18. The third-order valence-corrected chi connectivity index (χ3v) is 3.13. The van der Waals surface area contributed by atoms with Crippen LogP contribution in [0.4, 0.5) is 5.69 Å². The number of anilines is 1. The van der Waals surface area contributed by atoms with Gasteiger partial charge in [-0.2, -0.15) is 0 Å². The number of rotatable bonds is 5. The van der Waals surface area contributed by atoms with Gasteiger partial charge in [0, 0.05) is 24.5 Å². The third-order valence-electron chi connectivity index (χ3n) is 3.13. The van der Waals surface area contributed by atoms with Crippen LogP contribution in [0.25, 0.3) is 0 Å². The van der Waals surface area contributed by atoms with Crippen molar-refractivity contribution in [3.05, 3.63) is 36.7 Å². The van der Waals surface area contributed by atoms with Crippen LogP contribution in [0.2, 0.25) is 0 Å². The Morgan fingerprint density at radius 2 is 2.28 bits per heavy atom. The van der Waals surface area contributed by atoms with E-state index in [2.05, 4.69) is 22.2 Å². The Morgan fingerprint density at radius 1 is 1.50 bits per heavy atom. The maximum absolute atomic E-state index is 12.0. The maximum Gasteiger partial charge on any atom is 0.270 e. The van der Waals surface area contributed by atoms with E-state index in [0.717, 1.165) is 18.5 Å². The van der Waals surface area contributed by atoms with Crippen molar-refractivity contribution in [3.63, 3.8) is 0 Å². The van der Waals surface area contributed by atoms with Gasteiger partial charge in [-0.05, 0) is 25.0 Å². The first kappa shape index (κ1) is 12.6. The minimum absolute atomic E-state index is 0.0795. The van der Waals surface area contributed by atoms with Gasteiger partial charge >= 0.3 is 0 Å². The van der Waals surface area contributed by atoms with Crippen molar-refractivity contribution in [1.82, 2.24) is 10.3 Å². The Labute approximate surface area is 108 Å². The van der Waals surface area contributed by atoms with Gasteiger partial charge < -0.3 is 10.6 Å². The molecule has 18 heavy (non-hydrogen) atoms. The molecule has 1 aliphatic rings. The molecule has 4 nitrogen and oxygen atoms in total. The Bertz CT molecular complexity index is 425. The van der Waals surface area contributed by atoms with Crippen LogP contribution in [-0.4, -0.2) is 23.5 Å². The van der Waals surface area contributed by atoms with Crippen LogP contribution in [0.15, 0.2) is 31.0 Å². The van der Waals surface area contributed by atoms with Crippen LogP contribution < -0.4 is 10.6 Å². The van der Waals surface area contributed by atoms with Crippen LogP contribution in [0.3, 0.4) is 0 Å². The number of nitrogens with one attached hydrogen (secondary N) is 2. The molecule has 1 saturated carbocycles. The maximum atomic E-state index is 12.0. The predicted molar refractivity (Wildman–Crippen MR) is 72.6 cm³/mol. The molecule has 0 spiro atoms. The molecule has 0 aromatic carbocycles. The summed E-state index contributed by atoms with van der Waals surface area (Å²) < 4.78 is 0. The van der Waals surface area contributed by atoms with Crippen molar-refractivity contribution in [3.8, 4) is 0 Å². The molecule has 1 heterocycles. The van der Waals surface area contributed by atoms with E-state index in [1.807, 2.05) is 6.07 Å². The standard InChI is InChI=1S/C14H19N3O/c1-2-8-15-12-7-9-16-13(10-12)14(18)17-11-5-3-4-6-11/h2,7,9-11H,1,3-6,8H2,(H,15,16)(H,17,18). The zero-order valence-electron chi connectivity index (χ0n) is 10.5. The minimum Gasteiger partial charge on any atom is -0.381 e. The molecule has 96 valence electrons. The molecule has 0 bridgehead atoms. The SMILES string of the molecule is C=CCNc1ccnc(C(=O)NC2CCCC2)c1. The van der Waals surface area contributed by atoms with Crippen LogP contribution in [-0.2, 0) is 0 Å². The Balaban J connectivity index is 1.98. The van der Waals surface area contributed by atoms with E-state index >= 15 is 0 Å². The fourth-order valence-electron chi connectivity index (χ4n) is 2.18. The van der Waals surface area contributed by atoms with Gasteiger partial charge in [0.1, 0.15) is 5.69 Å². The second-order valence-electron chi connectivity index (χ2n) is 4.55. The normalized spacial score (nSPS) is 15.3. The van der Waals surface area contributed by atoms with E-state index in [9.17, 15) is 4.79 Å². The highest BCUT2D eigenvalue weighted by atomic mass is 16.1. The van der Waals surface area contributed by atoms with Crippen molar-refractivity contribution in [2.45, 2.75) is 31.7 Å². The molecule has 1 amide bonds. The lowest BCUT2D eigenvalue weighted by Crippen LogP contribution is -2.33. The molecule has 1 fully saturated rings. The lowest BCUT2D eigenvalue weighted by molar-refractivity contribution is 0.0933. The number of amides is 1. The minimum atomic E-state index is -0.0795. The summed E-state index contributed by atoms with van der Waals surface area (Å²) in [7, 11) is 0. The van der Waals surface area contributed by atoms with E-state index in [0.29, 0.717) is 18.3 Å². The second kappa shape index (κ2) is 6.19. The quantitative estimate of drug-likeness (QED) is 0.783. The van der Waals surface area contributed by atoms with Gasteiger partial charge in [0.15, 0.2) is 0 Å². The summed E-state index contributed by atoms with van der Waals surface area (Å²) >= 11 is 0. The van der Waals surface area contributed by atoms with Gasteiger partial charge in [-0.3, -0.25) is 9.78 Å². The number of nitrogens with zero attached hydrogens (tertiary/aromatic N) is 1. The number of hydrogen-bond donors (Lipinski definition) is 2. The predicted octanol–water partition coefficient (Wildman–Crippen LogP) is 2.35. The first-order valence-corrected chi connectivity index (χ1v) is 6.41. The summed E-state index contributed by atoms with van der Waals surface area (Å²) in [6.45, 7) is 4.32. The smallest absolute Gasteiger partial charge is 0.270 e. The van der Waals surface area contributed by atoms with E-state index in [1.54, 1.807) is 18.3 Å². The summed E-state index contributed by atoms with van der Waals surface area (Å²) in [5.41, 5.74) is 1.36. The Kier molecular flexibility index (Phi) is 4.34. The number of hydrogen-bond acceptors (Lipinski definition) is 3. The summed E-state index contributed by atoms with van der Waals surface area (Å²) in [6.07, 6.45) is 8.01. The zero-order valence-corrected chi connectivity index (χ0v) is 10.5. The number of carbonyl (C=O) groups is 1. The molecule has 0 unspecified atom stereocenters. The molecular formula is C14H19N3O. The molecule has 0 atom stereocenters. The van der Waals surface area contributed by atoms with Crippen molar-refractivity contribution < 1.29 is 4.79 Å². The molecule has 0 aliphatic heterocycles. The fraction of sp³-hybridized carbons (Fsp3) is 0.429. The van der Waals surface area contributed by atoms with Gasteiger partial charge in [0.25, 0.3) is 5.91 Å². The van der Waals surface area contributed by atoms with E-state index < -0.39 is 0 Å². The molecule has 0 saturated heterocycles. The lowest BCUT2D eigenvalue weighted by Gasteiger charge is -2.12. The molecule has 2 N–H and O–H groups in total. The van der Waals surface area contributed by atoms with Crippen LogP contribution in [0.5, 0.6) is 0 Å². The van der Waals surface area contributed by atoms with Gasteiger partial charge in [0.05, 0.1) is 0 Å². The zero-order chi connectivity index (χ0) is 12.8. The topological polar surface area (TPSA) is 54.0 Å². The molecule has 4 heteroatoms. The van der Waals surface area contributed by atoms with Gasteiger partial charge in [-0.15, -0.1) is 6.58 Å². The first-order chi connectivity index (χ1) is 8.79. The third kappa shape index (κ3) is 3.32. The molecule has 1 aromatic heterocycles. The average Bonchev–Trinajstić information content (AvgIpc) is 2.89.